The van der Waals surface area contributed by atoms with Gasteiger partial charge < -0.3 is 14.6 Å². The zero-order valence-electron chi connectivity index (χ0n) is 11.0. The van der Waals surface area contributed by atoms with E-state index in [0.29, 0.717) is 19.6 Å². The average Bonchev–Trinajstić information content (AvgIpc) is 2.40. The Morgan fingerprint density at radius 1 is 1.26 bits per heavy atom. The van der Waals surface area contributed by atoms with Crippen LogP contribution in [0.1, 0.15) is 36.5 Å². The molecule has 1 rings (SSSR count). The van der Waals surface area contributed by atoms with Crippen LogP contribution in [0.3, 0.4) is 0 Å². The van der Waals surface area contributed by atoms with Crippen molar-refractivity contribution in [3.05, 3.63) is 23.5 Å². The number of carbonyl (C=O) groups excluding carboxylic acids is 1. The van der Waals surface area contributed by atoms with Gasteiger partial charge in [-0.3, -0.25) is 4.79 Å². The number of hydrogen-bond acceptors (Lipinski definition) is 4. The molecule has 1 aromatic carbocycles. The molecule has 0 heterocycles. The minimum absolute atomic E-state index is 0.108. The van der Waals surface area contributed by atoms with E-state index in [1.165, 1.54) is 6.07 Å². The number of rotatable bonds is 9. The first-order chi connectivity index (χ1) is 9.20. The lowest BCUT2D eigenvalue weighted by atomic mass is 10.2. The highest BCUT2D eigenvalue weighted by molar-refractivity contribution is 5.81. The van der Waals surface area contributed by atoms with Crippen molar-refractivity contribution in [2.24, 2.45) is 0 Å². The van der Waals surface area contributed by atoms with Crippen molar-refractivity contribution >= 4 is 6.29 Å². The van der Waals surface area contributed by atoms with Crippen molar-refractivity contribution in [3.8, 4) is 11.5 Å². The van der Waals surface area contributed by atoms with Crippen molar-refractivity contribution in [3.63, 3.8) is 0 Å². The predicted molar refractivity (Wildman–Crippen MR) is 69.3 cm³/mol. The highest BCUT2D eigenvalue weighted by atomic mass is 19.1. The summed E-state index contributed by atoms with van der Waals surface area (Å²) in [5, 5.41) is 9.61. The van der Waals surface area contributed by atoms with Crippen LogP contribution < -0.4 is 4.74 Å². The van der Waals surface area contributed by atoms with E-state index in [-0.39, 0.29) is 17.6 Å². The van der Waals surface area contributed by atoms with Gasteiger partial charge in [0.15, 0.2) is 17.8 Å². The summed E-state index contributed by atoms with van der Waals surface area (Å²) in [4.78, 5) is 10.6. The number of aldehydes is 1. The largest absolute Gasteiger partial charge is 0.504 e. The van der Waals surface area contributed by atoms with Gasteiger partial charge in [-0.05, 0) is 18.6 Å². The lowest BCUT2D eigenvalue weighted by Crippen LogP contribution is -2.04. The van der Waals surface area contributed by atoms with Crippen LogP contribution in [0.15, 0.2) is 12.1 Å². The molecular weight excluding hydrogens is 251 g/mol. The van der Waals surface area contributed by atoms with E-state index in [0.717, 1.165) is 25.5 Å². The molecule has 5 heteroatoms. The Morgan fingerprint density at radius 2 is 2.00 bits per heavy atom. The first-order valence-corrected chi connectivity index (χ1v) is 6.37. The van der Waals surface area contributed by atoms with Gasteiger partial charge >= 0.3 is 0 Å². The van der Waals surface area contributed by atoms with Gasteiger partial charge in [-0.1, -0.05) is 13.3 Å². The maximum absolute atomic E-state index is 13.1. The number of hydrogen-bond donors (Lipinski definition) is 1. The summed E-state index contributed by atoms with van der Waals surface area (Å²) in [6, 6.07) is 2.39. The standard InChI is InChI=1S/C14H19FO4/c1-2-3-7-18-8-4-9-19-13-6-5-12(15)11(10-16)14(13)17/h5-6,10,17H,2-4,7-9H2,1H3. The Morgan fingerprint density at radius 3 is 2.68 bits per heavy atom. The van der Waals surface area contributed by atoms with Gasteiger partial charge in [0.2, 0.25) is 0 Å². The highest BCUT2D eigenvalue weighted by Crippen LogP contribution is 2.30. The molecule has 1 aromatic rings. The van der Waals surface area contributed by atoms with Gasteiger partial charge in [0.1, 0.15) is 5.82 Å². The third kappa shape index (κ3) is 4.87. The van der Waals surface area contributed by atoms with E-state index in [4.69, 9.17) is 9.47 Å². The number of phenols is 1. The Kier molecular flexibility index (Phi) is 6.89. The smallest absolute Gasteiger partial charge is 0.171 e. The first kappa shape index (κ1) is 15.4. The van der Waals surface area contributed by atoms with Gasteiger partial charge in [0.05, 0.1) is 12.2 Å². The van der Waals surface area contributed by atoms with Crippen LogP contribution in [-0.4, -0.2) is 31.2 Å². The number of phenolic OH excluding ortho intramolecular Hbond substituents is 1. The summed E-state index contributed by atoms with van der Waals surface area (Å²) in [6.45, 7) is 3.73. The topological polar surface area (TPSA) is 55.8 Å². The number of halogens is 1. The van der Waals surface area contributed by atoms with Crippen molar-refractivity contribution in [1.82, 2.24) is 0 Å². The fourth-order valence-corrected chi connectivity index (χ4v) is 1.48. The Bertz CT molecular complexity index is 407. The molecule has 0 aliphatic heterocycles. The van der Waals surface area contributed by atoms with E-state index < -0.39 is 11.6 Å². The third-order valence-corrected chi connectivity index (χ3v) is 2.58. The summed E-state index contributed by atoms with van der Waals surface area (Å²) in [7, 11) is 0. The molecule has 0 saturated heterocycles. The Hall–Kier alpha value is -1.62. The molecule has 0 radical (unpaired) electrons. The zero-order chi connectivity index (χ0) is 14.1. The van der Waals surface area contributed by atoms with Crippen LogP contribution >= 0.6 is 0 Å². The number of carbonyl (C=O) groups is 1. The van der Waals surface area contributed by atoms with E-state index in [1.54, 1.807) is 0 Å². The van der Waals surface area contributed by atoms with Gasteiger partial charge in [-0.15, -0.1) is 0 Å². The zero-order valence-corrected chi connectivity index (χ0v) is 11.0. The second kappa shape index (κ2) is 8.48. The second-order valence-corrected chi connectivity index (χ2v) is 4.09. The van der Waals surface area contributed by atoms with E-state index in [2.05, 4.69) is 6.92 Å². The molecule has 0 aliphatic rings. The van der Waals surface area contributed by atoms with Crippen molar-refractivity contribution in [1.29, 1.82) is 0 Å². The number of ether oxygens (including phenoxy) is 2. The quantitative estimate of drug-likeness (QED) is 0.553. The number of aromatic hydroxyl groups is 1. The molecule has 0 aromatic heterocycles. The molecule has 0 spiro atoms. The fraction of sp³-hybridized carbons (Fsp3) is 0.500. The molecule has 0 amide bonds. The molecule has 0 bridgehead atoms. The van der Waals surface area contributed by atoms with Gasteiger partial charge in [0.25, 0.3) is 0 Å². The van der Waals surface area contributed by atoms with Gasteiger partial charge in [0, 0.05) is 19.6 Å². The van der Waals surface area contributed by atoms with Crippen LogP contribution in [0.2, 0.25) is 0 Å². The van der Waals surface area contributed by atoms with Gasteiger partial charge in [-0.2, -0.15) is 0 Å². The van der Waals surface area contributed by atoms with Gasteiger partial charge in [-0.25, -0.2) is 4.39 Å². The average molecular weight is 270 g/mol. The number of benzene rings is 1. The maximum atomic E-state index is 13.1. The maximum Gasteiger partial charge on any atom is 0.171 e. The summed E-state index contributed by atoms with van der Waals surface area (Å²) in [5.41, 5.74) is -0.378. The van der Waals surface area contributed by atoms with E-state index in [9.17, 15) is 14.3 Å². The monoisotopic (exact) mass is 270 g/mol. The molecule has 106 valence electrons. The van der Waals surface area contributed by atoms with Crippen molar-refractivity contribution in [2.75, 3.05) is 19.8 Å². The van der Waals surface area contributed by atoms with Crippen LogP contribution in [0, 0.1) is 5.82 Å². The van der Waals surface area contributed by atoms with Crippen LogP contribution in [0.4, 0.5) is 4.39 Å². The third-order valence-electron chi connectivity index (χ3n) is 2.58. The van der Waals surface area contributed by atoms with Crippen LogP contribution in [-0.2, 0) is 4.74 Å². The summed E-state index contributed by atoms with van der Waals surface area (Å²) >= 11 is 0. The first-order valence-electron chi connectivity index (χ1n) is 6.37. The highest BCUT2D eigenvalue weighted by Gasteiger charge is 2.12. The summed E-state index contributed by atoms with van der Waals surface area (Å²) in [6.07, 6.45) is 3.05. The SMILES string of the molecule is CCCCOCCCOc1ccc(F)c(C=O)c1O. The van der Waals surface area contributed by atoms with Crippen LogP contribution in [0.5, 0.6) is 11.5 Å². The Labute approximate surface area is 112 Å². The minimum atomic E-state index is -0.761. The molecule has 4 nitrogen and oxygen atoms in total. The molecular formula is C14H19FO4. The molecule has 1 N–H and O–H groups in total. The predicted octanol–water partition coefficient (Wildman–Crippen LogP) is 2.93. The van der Waals surface area contributed by atoms with E-state index in [1.807, 2.05) is 0 Å². The normalized spacial score (nSPS) is 10.4. The van der Waals surface area contributed by atoms with Crippen molar-refractivity contribution in [2.45, 2.75) is 26.2 Å². The lowest BCUT2D eigenvalue weighted by Gasteiger charge is -2.09. The molecule has 0 fully saturated rings. The van der Waals surface area contributed by atoms with Crippen molar-refractivity contribution < 1.29 is 23.8 Å². The molecule has 0 saturated carbocycles. The molecule has 0 aliphatic carbocycles. The number of unbranched alkanes of at least 4 members (excludes halogenated alkanes) is 1. The second-order valence-electron chi connectivity index (χ2n) is 4.09. The minimum Gasteiger partial charge on any atom is -0.504 e. The Balaban J connectivity index is 2.36. The van der Waals surface area contributed by atoms with Crippen LogP contribution in [0.25, 0.3) is 0 Å². The molecule has 19 heavy (non-hydrogen) atoms. The summed E-state index contributed by atoms with van der Waals surface area (Å²) < 4.78 is 23.8. The summed E-state index contributed by atoms with van der Waals surface area (Å²) in [5.74, 6) is -1.11. The van der Waals surface area contributed by atoms with E-state index >= 15 is 0 Å². The lowest BCUT2D eigenvalue weighted by molar-refractivity contribution is 0.111. The molecule has 0 unspecified atom stereocenters. The fourth-order valence-electron chi connectivity index (χ4n) is 1.48. The molecule has 0 atom stereocenters.